The Balaban J connectivity index is 1.97. The van der Waals surface area contributed by atoms with Crippen LogP contribution in [0.15, 0.2) is 30.3 Å². The molecule has 2 amide bonds. The van der Waals surface area contributed by atoms with Gasteiger partial charge in [-0.05, 0) is 49.2 Å². The molecule has 0 heterocycles. The monoisotopic (exact) mass is 388 g/mol. The van der Waals surface area contributed by atoms with Crippen LogP contribution in [0.25, 0.3) is 0 Å². The number of nitrogens with one attached hydrogen (secondary N) is 2. The summed E-state index contributed by atoms with van der Waals surface area (Å²) < 4.78 is 21.1. The number of ether oxygens (including phenoxy) is 4. The van der Waals surface area contributed by atoms with E-state index >= 15 is 0 Å². The summed E-state index contributed by atoms with van der Waals surface area (Å²) in [6.07, 6.45) is 0. The summed E-state index contributed by atoms with van der Waals surface area (Å²) in [5.41, 5.74) is 7.00. The zero-order chi connectivity index (χ0) is 20.7. The zero-order valence-electron chi connectivity index (χ0n) is 16.5. The molecule has 0 aliphatic heterocycles. The molecule has 2 aromatic rings. The number of carbonyl (C=O) groups is 2. The average molecular weight is 388 g/mol. The first-order chi connectivity index (χ1) is 13.4. The molecule has 0 unspecified atom stereocenters. The number of carbonyl (C=O) groups excluding carboxylic acids is 2. The first-order valence-electron chi connectivity index (χ1n) is 8.49. The summed E-state index contributed by atoms with van der Waals surface area (Å²) >= 11 is 0. The Morgan fingerprint density at radius 2 is 1.57 bits per heavy atom. The van der Waals surface area contributed by atoms with Crippen LogP contribution >= 0.6 is 0 Å². The Morgan fingerprint density at radius 3 is 2.18 bits per heavy atom. The number of benzene rings is 2. The van der Waals surface area contributed by atoms with E-state index in [2.05, 4.69) is 10.9 Å². The van der Waals surface area contributed by atoms with Gasteiger partial charge in [-0.25, -0.2) is 0 Å². The molecule has 0 aromatic heterocycles. The number of aryl methyl sites for hydroxylation is 2. The summed E-state index contributed by atoms with van der Waals surface area (Å²) in [6.45, 7) is 3.70. The van der Waals surface area contributed by atoms with Gasteiger partial charge in [0.15, 0.2) is 18.1 Å². The normalized spacial score (nSPS) is 10.0. The molecule has 2 rings (SSSR count). The minimum Gasteiger partial charge on any atom is -0.493 e. The molecule has 8 heteroatoms. The lowest BCUT2D eigenvalue weighted by atomic mass is 10.1. The quantitative estimate of drug-likeness (QED) is 0.706. The summed E-state index contributed by atoms with van der Waals surface area (Å²) in [7, 11) is 4.32. The van der Waals surface area contributed by atoms with Crippen molar-refractivity contribution in [3.63, 3.8) is 0 Å². The lowest BCUT2D eigenvalue weighted by molar-refractivity contribution is -0.123. The summed E-state index contributed by atoms with van der Waals surface area (Å²) in [6, 6.07) is 8.61. The lowest BCUT2D eigenvalue weighted by Crippen LogP contribution is -2.43. The van der Waals surface area contributed by atoms with E-state index in [1.807, 2.05) is 26.0 Å². The molecule has 0 atom stereocenters. The third kappa shape index (κ3) is 4.85. The van der Waals surface area contributed by atoms with Gasteiger partial charge in [0.25, 0.3) is 11.8 Å². The standard InChI is InChI=1S/C20H24N2O6/c1-12-6-7-14(10-13(12)2)28-11-17(23)21-22-20(24)15-8-9-16(25-3)19(27-5)18(15)26-4/h6-10H,11H2,1-5H3,(H,21,23)(H,22,24). The van der Waals surface area contributed by atoms with Crippen molar-refractivity contribution >= 4 is 11.8 Å². The number of hydrogen-bond acceptors (Lipinski definition) is 6. The van der Waals surface area contributed by atoms with E-state index in [0.29, 0.717) is 11.5 Å². The second kappa shape index (κ2) is 9.50. The van der Waals surface area contributed by atoms with Crippen molar-refractivity contribution in [2.75, 3.05) is 27.9 Å². The molecule has 0 radical (unpaired) electrons. The molecular weight excluding hydrogens is 364 g/mol. The van der Waals surface area contributed by atoms with E-state index in [0.717, 1.165) is 11.1 Å². The fourth-order valence-electron chi connectivity index (χ4n) is 2.46. The SMILES string of the molecule is COc1ccc(C(=O)NNC(=O)COc2ccc(C)c(C)c2)c(OC)c1OC. The van der Waals surface area contributed by atoms with E-state index in [4.69, 9.17) is 18.9 Å². The number of amides is 2. The minimum absolute atomic E-state index is 0.176. The van der Waals surface area contributed by atoms with Crippen molar-refractivity contribution in [1.29, 1.82) is 0 Å². The Hall–Kier alpha value is -3.42. The molecule has 0 saturated carbocycles. The summed E-state index contributed by atoms with van der Waals surface area (Å²) in [4.78, 5) is 24.4. The molecule has 2 N–H and O–H groups in total. The number of rotatable bonds is 7. The first-order valence-corrected chi connectivity index (χ1v) is 8.49. The van der Waals surface area contributed by atoms with Crippen molar-refractivity contribution in [2.24, 2.45) is 0 Å². The molecule has 2 aromatic carbocycles. The molecule has 0 aliphatic rings. The van der Waals surface area contributed by atoms with Crippen molar-refractivity contribution in [3.8, 4) is 23.0 Å². The van der Waals surface area contributed by atoms with Crippen LogP contribution in [0.5, 0.6) is 23.0 Å². The summed E-state index contributed by atoms with van der Waals surface area (Å²) in [5.74, 6) is 0.387. The van der Waals surface area contributed by atoms with Crippen LogP contribution in [0.3, 0.4) is 0 Å². The fraction of sp³-hybridized carbons (Fsp3) is 0.300. The Bertz CT molecular complexity index is 866. The van der Waals surface area contributed by atoms with Gasteiger partial charge in [0, 0.05) is 0 Å². The van der Waals surface area contributed by atoms with Crippen molar-refractivity contribution in [3.05, 3.63) is 47.0 Å². The molecule has 0 saturated heterocycles. The van der Waals surface area contributed by atoms with Crippen LogP contribution < -0.4 is 29.8 Å². The average Bonchev–Trinajstić information content (AvgIpc) is 2.71. The van der Waals surface area contributed by atoms with Crippen LogP contribution in [0.4, 0.5) is 0 Å². The fourth-order valence-corrected chi connectivity index (χ4v) is 2.46. The minimum atomic E-state index is -0.572. The van der Waals surface area contributed by atoms with Crippen LogP contribution in [0.1, 0.15) is 21.5 Å². The number of methoxy groups -OCH3 is 3. The largest absolute Gasteiger partial charge is 0.493 e. The van der Waals surface area contributed by atoms with Gasteiger partial charge in [-0.1, -0.05) is 6.07 Å². The Labute approximate surface area is 163 Å². The van der Waals surface area contributed by atoms with Crippen LogP contribution in [0, 0.1) is 13.8 Å². The topological polar surface area (TPSA) is 95.1 Å². The van der Waals surface area contributed by atoms with Crippen molar-refractivity contribution < 1.29 is 28.5 Å². The maximum atomic E-state index is 12.4. The molecule has 0 fully saturated rings. The van der Waals surface area contributed by atoms with Gasteiger partial charge < -0.3 is 18.9 Å². The number of hydrogen-bond donors (Lipinski definition) is 2. The van der Waals surface area contributed by atoms with E-state index in [-0.39, 0.29) is 23.7 Å². The first kappa shape index (κ1) is 20.9. The second-order valence-electron chi connectivity index (χ2n) is 5.92. The predicted octanol–water partition coefficient (Wildman–Crippen LogP) is 2.17. The molecule has 0 aliphatic carbocycles. The maximum Gasteiger partial charge on any atom is 0.276 e. The van der Waals surface area contributed by atoms with Gasteiger partial charge in [0.2, 0.25) is 5.75 Å². The van der Waals surface area contributed by atoms with Crippen molar-refractivity contribution in [1.82, 2.24) is 10.9 Å². The third-order valence-corrected chi connectivity index (χ3v) is 4.11. The van der Waals surface area contributed by atoms with Gasteiger partial charge >= 0.3 is 0 Å². The van der Waals surface area contributed by atoms with Gasteiger partial charge in [0.05, 0.1) is 26.9 Å². The predicted molar refractivity (Wildman–Crippen MR) is 103 cm³/mol. The highest BCUT2D eigenvalue weighted by Crippen LogP contribution is 2.39. The van der Waals surface area contributed by atoms with Gasteiger partial charge in [0.1, 0.15) is 5.75 Å². The Kier molecular flexibility index (Phi) is 7.08. The van der Waals surface area contributed by atoms with Crippen molar-refractivity contribution in [2.45, 2.75) is 13.8 Å². The molecule has 8 nitrogen and oxygen atoms in total. The highest BCUT2D eigenvalue weighted by atomic mass is 16.5. The van der Waals surface area contributed by atoms with Crippen LogP contribution in [-0.4, -0.2) is 39.8 Å². The molecular formula is C20H24N2O6. The van der Waals surface area contributed by atoms with Gasteiger partial charge in [-0.2, -0.15) is 0 Å². The lowest BCUT2D eigenvalue weighted by Gasteiger charge is -2.15. The zero-order valence-corrected chi connectivity index (χ0v) is 16.5. The molecule has 150 valence electrons. The number of hydrazine groups is 1. The van der Waals surface area contributed by atoms with Gasteiger partial charge in [-0.15, -0.1) is 0 Å². The van der Waals surface area contributed by atoms with Gasteiger partial charge in [-0.3, -0.25) is 20.4 Å². The van der Waals surface area contributed by atoms with E-state index in [1.165, 1.54) is 27.4 Å². The van der Waals surface area contributed by atoms with E-state index < -0.39 is 11.8 Å². The molecule has 28 heavy (non-hydrogen) atoms. The maximum absolute atomic E-state index is 12.4. The summed E-state index contributed by atoms with van der Waals surface area (Å²) in [5, 5.41) is 0. The Morgan fingerprint density at radius 1 is 0.857 bits per heavy atom. The smallest absolute Gasteiger partial charge is 0.276 e. The molecule has 0 bridgehead atoms. The van der Waals surface area contributed by atoms with E-state index in [9.17, 15) is 9.59 Å². The van der Waals surface area contributed by atoms with Crippen LogP contribution in [0.2, 0.25) is 0 Å². The highest BCUT2D eigenvalue weighted by molar-refractivity contribution is 5.99. The second-order valence-corrected chi connectivity index (χ2v) is 5.92. The van der Waals surface area contributed by atoms with E-state index in [1.54, 1.807) is 12.1 Å². The highest BCUT2D eigenvalue weighted by Gasteiger charge is 2.21. The third-order valence-electron chi connectivity index (χ3n) is 4.11. The van der Waals surface area contributed by atoms with Crippen LogP contribution in [-0.2, 0) is 4.79 Å². The molecule has 0 spiro atoms.